The number of carbonyl (C=O) groups excluding carboxylic acids is 2. The first-order valence-corrected chi connectivity index (χ1v) is 4.75. The molecule has 1 aliphatic heterocycles. The smallest absolute Gasteiger partial charge is 0.494 e. The molecule has 1 aliphatic rings. The minimum Gasteiger partial charge on any atom is -0.494 e. The Kier molecular flexibility index (Phi) is 2.96. The maximum atomic E-state index is 11.4. The number of rotatable bonds is 1. The number of hydrogen-bond acceptors (Lipinski definition) is 6. The fourth-order valence-corrected chi connectivity index (χ4v) is 1.38. The molecule has 0 atom stereocenters. The van der Waals surface area contributed by atoms with Gasteiger partial charge in [-0.05, 0) is 13.1 Å². The Labute approximate surface area is 92.2 Å². The van der Waals surface area contributed by atoms with Crippen LogP contribution in [0.2, 0.25) is 0 Å². The van der Waals surface area contributed by atoms with Gasteiger partial charge in [-0.15, -0.1) is 0 Å². The van der Waals surface area contributed by atoms with Gasteiger partial charge < -0.3 is 13.7 Å². The highest BCUT2D eigenvalue weighted by molar-refractivity contribution is 6.64. The third-order valence-corrected chi connectivity index (χ3v) is 2.09. The summed E-state index contributed by atoms with van der Waals surface area (Å²) in [7, 11) is 0.633. The summed E-state index contributed by atoms with van der Waals surface area (Å²) in [5.74, 6) is -0.887. The average molecular weight is 223 g/mol. The second-order valence-electron chi connectivity index (χ2n) is 3.54. The van der Waals surface area contributed by atoms with Crippen LogP contribution in [0, 0.1) is 0 Å². The fraction of sp³-hybridized carbons (Fsp3) is 0.333. The summed E-state index contributed by atoms with van der Waals surface area (Å²) < 4.78 is 14.8. The summed E-state index contributed by atoms with van der Waals surface area (Å²) >= 11 is 0. The van der Waals surface area contributed by atoms with Gasteiger partial charge in [-0.25, -0.2) is 0 Å². The molecule has 7 heteroatoms. The second kappa shape index (κ2) is 4.40. The monoisotopic (exact) mass is 223 g/mol. The van der Waals surface area contributed by atoms with Gasteiger partial charge in [-0.1, -0.05) is 0 Å². The van der Waals surface area contributed by atoms with Gasteiger partial charge >= 0.3 is 19.1 Å². The zero-order valence-electron chi connectivity index (χ0n) is 8.71. The van der Waals surface area contributed by atoms with E-state index in [1.807, 2.05) is 0 Å². The summed E-state index contributed by atoms with van der Waals surface area (Å²) in [5, 5.41) is 0. The normalized spacial score (nSPS) is 18.7. The molecule has 1 aromatic heterocycles. The molecule has 6 nitrogen and oxygen atoms in total. The Hall–Kier alpha value is -1.76. The lowest BCUT2D eigenvalue weighted by Crippen LogP contribution is -2.47. The molecule has 2 rings (SSSR count). The van der Waals surface area contributed by atoms with Gasteiger partial charge in [0, 0.05) is 0 Å². The molecule has 1 saturated heterocycles. The summed E-state index contributed by atoms with van der Waals surface area (Å²) in [5.41, 5.74) is 0.506. The van der Waals surface area contributed by atoms with Crippen LogP contribution >= 0.6 is 0 Å². The van der Waals surface area contributed by atoms with E-state index in [2.05, 4.69) is 0 Å². The van der Waals surface area contributed by atoms with Crippen molar-refractivity contribution in [3.63, 3.8) is 0 Å². The zero-order valence-corrected chi connectivity index (χ0v) is 8.71. The van der Waals surface area contributed by atoms with E-state index in [0.29, 0.717) is 5.46 Å². The van der Waals surface area contributed by atoms with E-state index in [-0.39, 0.29) is 13.1 Å². The molecule has 0 unspecified atom stereocenters. The van der Waals surface area contributed by atoms with Gasteiger partial charge in [0.25, 0.3) is 0 Å². The molecule has 1 fully saturated rings. The minimum absolute atomic E-state index is 0.0590. The zero-order chi connectivity index (χ0) is 11.5. The predicted octanol–water partition coefficient (Wildman–Crippen LogP) is -0.993. The van der Waals surface area contributed by atoms with E-state index >= 15 is 0 Å². The molecule has 16 heavy (non-hydrogen) atoms. The van der Waals surface area contributed by atoms with E-state index in [0.717, 1.165) is 0 Å². The Morgan fingerprint density at radius 2 is 1.88 bits per heavy atom. The van der Waals surface area contributed by atoms with Gasteiger partial charge in [-0.2, -0.15) is 0 Å². The first kappa shape index (κ1) is 10.8. The van der Waals surface area contributed by atoms with Gasteiger partial charge in [-0.3, -0.25) is 14.5 Å². The predicted molar refractivity (Wildman–Crippen MR) is 53.8 cm³/mol. The highest BCUT2D eigenvalue weighted by Crippen LogP contribution is 2.01. The van der Waals surface area contributed by atoms with Crippen molar-refractivity contribution in [3.8, 4) is 0 Å². The van der Waals surface area contributed by atoms with Gasteiger partial charge in [0.05, 0.1) is 31.1 Å². The van der Waals surface area contributed by atoms with Crippen molar-refractivity contribution in [1.82, 2.24) is 4.90 Å². The van der Waals surface area contributed by atoms with E-state index in [9.17, 15) is 9.59 Å². The number of likely N-dealkylation sites (N-methyl/N-ethyl adjacent to an activating group) is 1. The lowest BCUT2D eigenvalue weighted by molar-refractivity contribution is -0.145. The van der Waals surface area contributed by atoms with Crippen LogP contribution in [0.25, 0.3) is 0 Å². The minimum atomic E-state index is -1.01. The number of carbonyl (C=O) groups is 2. The van der Waals surface area contributed by atoms with Crippen molar-refractivity contribution in [2.45, 2.75) is 0 Å². The molecular formula is C9H10BNO5. The van der Waals surface area contributed by atoms with Gasteiger partial charge in [0.1, 0.15) is 0 Å². The molecule has 0 radical (unpaired) electrons. The SMILES string of the molecule is CN1CC(=O)OB(c2ccoc2)OC(=O)C1. The fourth-order valence-electron chi connectivity index (χ4n) is 1.38. The van der Waals surface area contributed by atoms with Crippen LogP contribution in [0.5, 0.6) is 0 Å². The summed E-state index contributed by atoms with van der Waals surface area (Å²) in [6, 6.07) is 1.58. The quantitative estimate of drug-likeness (QED) is 0.569. The third kappa shape index (κ3) is 2.43. The van der Waals surface area contributed by atoms with Crippen molar-refractivity contribution in [2.24, 2.45) is 0 Å². The molecule has 0 amide bonds. The van der Waals surface area contributed by atoms with E-state index in [1.165, 1.54) is 17.4 Å². The number of hydrogen-bond donors (Lipinski definition) is 0. The molecule has 0 N–H and O–H groups in total. The maximum absolute atomic E-state index is 11.4. The van der Waals surface area contributed by atoms with E-state index < -0.39 is 19.1 Å². The average Bonchev–Trinajstić information content (AvgIpc) is 2.66. The molecule has 0 aromatic carbocycles. The molecule has 0 bridgehead atoms. The molecule has 2 heterocycles. The molecule has 0 saturated carbocycles. The summed E-state index contributed by atoms with van der Waals surface area (Å²) in [4.78, 5) is 24.3. The Bertz CT molecular complexity index is 371. The van der Waals surface area contributed by atoms with Crippen LogP contribution in [0.4, 0.5) is 0 Å². The highest BCUT2D eigenvalue weighted by Gasteiger charge is 2.34. The Morgan fingerprint density at radius 1 is 1.25 bits per heavy atom. The second-order valence-corrected chi connectivity index (χ2v) is 3.54. The van der Waals surface area contributed by atoms with Crippen LogP contribution in [0.1, 0.15) is 0 Å². The first-order valence-electron chi connectivity index (χ1n) is 4.75. The highest BCUT2D eigenvalue weighted by atomic mass is 16.6. The van der Waals surface area contributed by atoms with Crippen molar-refractivity contribution in [2.75, 3.05) is 20.1 Å². The lowest BCUT2D eigenvalue weighted by atomic mass is 9.81. The van der Waals surface area contributed by atoms with Crippen molar-refractivity contribution in [1.29, 1.82) is 0 Å². The van der Waals surface area contributed by atoms with E-state index in [1.54, 1.807) is 13.1 Å². The van der Waals surface area contributed by atoms with Crippen LogP contribution in [-0.4, -0.2) is 44.1 Å². The van der Waals surface area contributed by atoms with Gasteiger partial charge in [0.2, 0.25) is 0 Å². The van der Waals surface area contributed by atoms with Gasteiger partial charge in [0.15, 0.2) is 0 Å². The largest absolute Gasteiger partial charge is 0.639 e. The van der Waals surface area contributed by atoms with Crippen molar-refractivity contribution >= 4 is 24.5 Å². The summed E-state index contributed by atoms with van der Waals surface area (Å²) in [6.07, 6.45) is 2.79. The van der Waals surface area contributed by atoms with Crippen molar-refractivity contribution < 1.29 is 23.3 Å². The molecule has 0 spiro atoms. The maximum Gasteiger partial charge on any atom is 0.639 e. The van der Waals surface area contributed by atoms with E-state index in [4.69, 9.17) is 13.7 Å². The van der Waals surface area contributed by atoms with Crippen LogP contribution in [-0.2, 0) is 18.9 Å². The Balaban J connectivity index is 2.13. The standard InChI is InChI=1S/C9H10BNO5/c1-11-4-8(12)15-10(16-9(13)5-11)7-2-3-14-6-7/h2-3,6H,4-5H2,1H3. The van der Waals surface area contributed by atoms with Crippen LogP contribution in [0.3, 0.4) is 0 Å². The number of furan rings is 1. The van der Waals surface area contributed by atoms with Crippen LogP contribution < -0.4 is 5.46 Å². The lowest BCUT2D eigenvalue weighted by Gasteiger charge is -2.21. The van der Waals surface area contributed by atoms with Crippen LogP contribution in [0.15, 0.2) is 23.0 Å². The van der Waals surface area contributed by atoms with Crippen molar-refractivity contribution in [3.05, 3.63) is 18.6 Å². The Morgan fingerprint density at radius 3 is 2.38 bits per heavy atom. The topological polar surface area (TPSA) is 69.0 Å². The first-order chi connectivity index (χ1) is 7.65. The third-order valence-electron chi connectivity index (χ3n) is 2.09. The molecule has 1 aromatic rings. The molecule has 0 aliphatic carbocycles. The number of nitrogens with zero attached hydrogens (tertiary/aromatic N) is 1. The molecule has 84 valence electrons. The molecular weight excluding hydrogens is 213 g/mol. The summed E-state index contributed by atoms with van der Waals surface area (Å²) in [6.45, 7) is 0.118.